The summed E-state index contributed by atoms with van der Waals surface area (Å²) in [7, 11) is 1.68. The van der Waals surface area contributed by atoms with Crippen LogP contribution in [0.4, 0.5) is 11.5 Å². The number of fused-ring (bicyclic) bond motifs is 2. The van der Waals surface area contributed by atoms with E-state index in [1.54, 1.807) is 18.4 Å². The highest BCUT2D eigenvalue weighted by atomic mass is 32.1. The van der Waals surface area contributed by atoms with Crippen LogP contribution in [-0.2, 0) is 4.74 Å². The normalized spacial score (nSPS) is 17.9. The summed E-state index contributed by atoms with van der Waals surface area (Å²) in [5, 5.41) is 10.6. The number of aliphatic hydroxyl groups is 1. The first-order chi connectivity index (χ1) is 16.2. The highest BCUT2D eigenvalue weighted by Crippen LogP contribution is 2.40. The molecule has 0 saturated carbocycles. The predicted octanol–water partition coefficient (Wildman–Crippen LogP) is 3.04. The monoisotopic (exact) mass is 466 g/mol. The van der Waals surface area contributed by atoms with Gasteiger partial charge in [0.2, 0.25) is 0 Å². The number of benzene rings is 1. The van der Waals surface area contributed by atoms with Crippen molar-refractivity contribution in [2.24, 2.45) is 0 Å². The third-order valence-corrected chi connectivity index (χ3v) is 7.46. The van der Waals surface area contributed by atoms with E-state index in [1.807, 2.05) is 18.2 Å². The van der Waals surface area contributed by atoms with Crippen LogP contribution < -0.4 is 14.5 Å². The van der Waals surface area contributed by atoms with Gasteiger partial charge in [0.15, 0.2) is 16.5 Å². The van der Waals surface area contributed by atoms with E-state index in [2.05, 4.69) is 20.9 Å². The van der Waals surface area contributed by atoms with E-state index in [0.29, 0.717) is 11.5 Å². The molecule has 3 aromatic heterocycles. The number of morpholine rings is 1. The molecule has 2 aliphatic rings. The molecule has 5 heterocycles. The fraction of sp³-hybridized carbons (Fsp3) is 0.435. The number of ether oxygens (including phenoxy) is 2. The Kier molecular flexibility index (Phi) is 5.28. The second-order valence-corrected chi connectivity index (χ2v) is 9.43. The van der Waals surface area contributed by atoms with Crippen LogP contribution in [0.15, 0.2) is 24.3 Å². The number of anilines is 2. The summed E-state index contributed by atoms with van der Waals surface area (Å²) in [5.74, 6) is 2.36. The predicted molar refractivity (Wildman–Crippen MR) is 130 cm³/mol. The quantitative estimate of drug-likeness (QED) is 0.474. The molecule has 10 heteroatoms. The van der Waals surface area contributed by atoms with Crippen molar-refractivity contribution in [1.82, 2.24) is 19.9 Å². The van der Waals surface area contributed by atoms with E-state index in [9.17, 15) is 5.11 Å². The molecule has 0 unspecified atom stereocenters. The molecular formula is C23H26N6O3S. The van der Waals surface area contributed by atoms with E-state index in [1.165, 1.54) is 0 Å². The molecule has 0 amide bonds. The van der Waals surface area contributed by atoms with Gasteiger partial charge in [0.05, 0.1) is 42.3 Å². The van der Waals surface area contributed by atoms with Gasteiger partial charge in [0.1, 0.15) is 17.1 Å². The fourth-order valence-corrected chi connectivity index (χ4v) is 5.61. The molecule has 4 aromatic rings. The number of aliphatic hydroxyl groups excluding tert-OH is 1. The van der Waals surface area contributed by atoms with Gasteiger partial charge in [-0.05, 0) is 37.1 Å². The number of nitrogens with zero attached hydrogens (tertiary/aromatic N) is 5. The Morgan fingerprint density at radius 2 is 1.85 bits per heavy atom. The lowest BCUT2D eigenvalue weighted by atomic mass is 10.1. The third kappa shape index (κ3) is 3.77. The number of rotatable bonds is 4. The molecule has 0 aliphatic carbocycles. The minimum Gasteiger partial charge on any atom is -0.494 e. The molecule has 1 aromatic carbocycles. The number of methoxy groups -OCH3 is 1. The fourth-order valence-electron chi connectivity index (χ4n) is 4.54. The number of piperidine rings is 1. The minimum atomic E-state index is -0.208. The first-order valence-corrected chi connectivity index (χ1v) is 12.1. The highest BCUT2D eigenvalue weighted by molar-refractivity contribution is 7.22. The van der Waals surface area contributed by atoms with Gasteiger partial charge in [-0.1, -0.05) is 0 Å². The Morgan fingerprint density at radius 3 is 2.64 bits per heavy atom. The van der Waals surface area contributed by atoms with E-state index < -0.39 is 0 Å². The van der Waals surface area contributed by atoms with Crippen molar-refractivity contribution in [3.05, 3.63) is 24.3 Å². The summed E-state index contributed by atoms with van der Waals surface area (Å²) in [5.41, 5.74) is 3.56. The van der Waals surface area contributed by atoms with Gasteiger partial charge < -0.3 is 29.4 Å². The molecule has 2 aliphatic heterocycles. The van der Waals surface area contributed by atoms with Crippen LogP contribution in [-0.4, -0.2) is 77.6 Å². The number of nitrogens with one attached hydrogen (secondary N) is 1. The van der Waals surface area contributed by atoms with Gasteiger partial charge in [0, 0.05) is 26.2 Å². The summed E-state index contributed by atoms with van der Waals surface area (Å²) in [6, 6.07) is 8.13. The number of aromatic nitrogens is 4. The average molecular weight is 467 g/mol. The SMILES string of the molecule is COc1ccc(N2CCOCC2)c2sc(-c3nc4nc(N5CCC(O)CC5)ccc4[nH]3)nc12. The van der Waals surface area contributed by atoms with Gasteiger partial charge in [-0.25, -0.2) is 15.0 Å². The van der Waals surface area contributed by atoms with Crippen molar-refractivity contribution in [2.45, 2.75) is 18.9 Å². The topological polar surface area (TPSA) is 99.6 Å². The average Bonchev–Trinajstić information content (AvgIpc) is 3.49. The largest absolute Gasteiger partial charge is 0.494 e. The lowest BCUT2D eigenvalue weighted by Crippen LogP contribution is -2.36. The molecule has 33 heavy (non-hydrogen) atoms. The smallest absolute Gasteiger partial charge is 0.180 e. The molecule has 6 rings (SSSR count). The Bertz CT molecular complexity index is 1290. The van der Waals surface area contributed by atoms with E-state index >= 15 is 0 Å². The number of H-pyrrole nitrogens is 1. The van der Waals surface area contributed by atoms with Gasteiger partial charge >= 0.3 is 0 Å². The second-order valence-electron chi connectivity index (χ2n) is 8.43. The van der Waals surface area contributed by atoms with E-state index in [4.69, 9.17) is 24.4 Å². The van der Waals surface area contributed by atoms with Crippen LogP contribution in [0.3, 0.4) is 0 Å². The van der Waals surface area contributed by atoms with E-state index in [-0.39, 0.29) is 6.10 Å². The van der Waals surface area contributed by atoms with Gasteiger partial charge in [-0.15, -0.1) is 11.3 Å². The number of aromatic amines is 1. The molecule has 2 fully saturated rings. The second kappa shape index (κ2) is 8.44. The molecule has 0 atom stereocenters. The number of hydrogen-bond donors (Lipinski definition) is 2. The van der Waals surface area contributed by atoms with Crippen LogP contribution in [0.25, 0.3) is 32.2 Å². The van der Waals surface area contributed by atoms with Gasteiger partial charge in [-0.2, -0.15) is 0 Å². The summed E-state index contributed by atoms with van der Waals surface area (Å²) in [4.78, 5) is 22.4. The lowest BCUT2D eigenvalue weighted by Gasteiger charge is -2.30. The van der Waals surface area contributed by atoms with Gasteiger partial charge in [-0.3, -0.25) is 0 Å². The van der Waals surface area contributed by atoms with Gasteiger partial charge in [0.25, 0.3) is 0 Å². The highest BCUT2D eigenvalue weighted by Gasteiger charge is 2.22. The molecule has 0 spiro atoms. The van der Waals surface area contributed by atoms with Crippen LogP contribution in [0, 0.1) is 0 Å². The zero-order chi connectivity index (χ0) is 22.4. The van der Waals surface area contributed by atoms with Crippen LogP contribution >= 0.6 is 11.3 Å². The number of pyridine rings is 1. The summed E-state index contributed by atoms with van der Waals surface area (Å²) < 4.78 is 12.2. The Hall–Kier alpha value is -2.95. The number of thiazole rings is 1. The van der Waals surface area contributed by atoms with Crippen molar-refractivity contribution in [3.63, 3.8) is 0 Å². The maximum atomic E-state index is 9.79. The van der Waals surface area contributed by atoms with Crippen molar-refractivity contribution in [2.75, 3.05) is 56.3 Å². The zero-order valence-electron chi connectivity index (χ0n) is 18.5. The third-order valence-electron chi connectivity index (χ3n) is 6.38. The van der Waals surface area contributed by atoms with Crippen molar-refractivity contribution in [3.8, 4) is 16.6 Å². The molecule has 0 bridgehead atoms. The standard InChI is InChI=1S/C23H26N6O3S/c1-31-17-4-3-16(28-10-12-32-13-11-28)20-19(17)26-23(33-20)22-24-15-2-5-18(25-21(15)27-22)29-8-6-14(30)7-9-29/h2-5,14,30H,6-13H2,1H3,(H,24,25,27). The summed E-state index contributed by atoms with van der Waals surface area (Å²) in [6.07, 6.45) is 1.33. The lowest BCUT2D eigenvalue weighted by molar-refractivity contribution is 0.123. The molecule has 2 saturated heterocycles. The Labute approximate surface area is 195 Å². The number of hydrogen-bond acceptors (Lipinski definition) is 9. The van der Waals surface area contributed by atoms with Crippen LogP contribution in [0.5, 0.6) is 5.75 Å². The Morgan fingerprint density at radius 1 is 1.03 bits per heavy atom. The molecular weight excluding hydrogens is 440 g/mol. The molecule has 2 N–H and O–H groups in total. The molecule has 0 radical (unpaired) electrons. The molecule has 9 nitrogen and oxygen atoms in total. The summed E-state index contributed by atoms with van der Waals surface area (Å²) >= 11 is 1.61. The first-order valence-electron chi connectivity index (χ1n) is 11.3. The minimum absolute atomic E-state index is 0.208. The maximum absolute atomic E-state index is 9.79. The van der Waals surface area contributed by atoms with Crippen molar-refractivity contribution in [1.29, 1.82) is 0 Å². The van der Waals surface area contributed by atoms with Crippen LogP contribution in [0.2, 0.25) is 0 Å². The molecule has 172 valence electrons. The van der Waals surface area contributed by atoms with Crippen LogP contribution in [0.1, 0.15) is 12.8 Å². The first kappa shape index (κ1) is 20.6. The van der Waals surface area contributed by atoms with Crippen molar-refractivity contribution < 1.29 is 14.6 Å². The van der Waals surface area contributed by atoms with Crippen molar-refractivity contribution >= 4 is 44.2 Å². The van der Waals surface area contributed by atoms with E-state index in [0.717, 1.165) is 90.2 Å². The zero-order valence-corrected chi connectivity index (χ0v) is 19.3. The number of imidazole rings is 1. The summed E-state index contributed by atoms with van der Waals surface area (Å²) in [6.45, 7) is 4.79. The Balaban J connectivity index is 1.37. The maximum Gasteiger partial charge on any atom is 0.180 e.